The predicted octanol–water partition coefficient (Wildman–Crippen LogP) is 6.05. The molecule has 4 bridgehead atoms. The SMILES string of the molecule is C=CCCCCCCCCOC(=O)CC12CC3CC(CC(C3)C1)C2. The molecule has 136 valence electrons. The van der Waals surface area contributed by atoms with E-state index in [9.17, 15) is 4.79 Å². The van der Waals surface area contributed by atoms with Crippen LogP contribution in [0.25, 0.3) is 0 Å². The largest absolute Gasteiger partial charge is 0.466 e. The van der Waals surface area contributed by atoms with Crippen LogP contribution in [0.5, 0.6) is 0 Å². The van der Waals surface area contributed by atoms with Crippen molar-refractivity contribution in [2.24, 2.45) is 23.2 Å². The van der Waals surface area contributed by atoms with Crippen LogP contribution in [0.2, 0.25) is 0 Å². The molecule has 24 heavy (non-hydrogen) atoms. The van der Waals surface area contributed by atoms with Gasteiger partial charge < -0.3 is 4.74 Å². The first kappa shape index (κ1) is 18.0. The van der Waals surface area contributed by atoms with Crippen LogP contribution in [0.15, 0.2) is 12.7 Å². The minimum atomic E-state index is 0.0860. The summed E-state index contributed by atoms with van der Waals surface area (Å²) in [6.07, 6.45) is 19.5. The van der Waals surface area contributed by atoms with Crippen molar-refractivity contribution in [1.29, 1.82) is 0 Å². The van der Waals surface area contributed by atoms with Gasteiger partial charge in [0.15, 0.2) is 0 Å². The Morgan fingerprint density at radius 3 is 2.04 bits per heavy atom. The van der Waals surface area contributed by atoms with Gasteiger partial charge in [-0.25, -0.2) is 0 Å². The highest BCUT2D eigenvalue weighted by Crippen LogP contribution is 2.61. The number of carbonyl (C=O) groups excluding carboxylic acids is 1. The van der Waals surface area contributed by atoms with Crippen LogP contribution in [0.1, 0.15) is 89.9 Å². The average Bonchev–Trinajstić information content (AvgIpc) is 2.51. The van der Waals surface area contributed by atoms with Gasteiger partial charge in [0, 0.05) is 0 Å². The summed E-state index contributed by atoms with van der Waals surface area (Å²) in [7, 11) is 0. The average molecular weight is 333 g/mol. The van der Waals surface area contributed by atoms with E-state index >= 15 is 0 Å². The van der Waals surface area contributed by atoms with Crippen molar-refractivity contribution in [2.45, 2.75) is 89.9 Å². The van der Waals surface area contributed by atoms with Crippen molar-refractivity contribution in [2.75, 3.05) is 6.61 Å². The van der Waals surface area contributed by atoms with Gasteiger partial charge in [0.05, 0.1) is 13.0 Å². The van der Waals surface area contributed by atoms with Gasteiger partial charge in [0.2, 0.25) is 0 Å². The zero-order valence-electron chi connectivity index (χ0n) is 15.4. The van der Waals surface area contributed by atoms with Gasteiger partial charge in [-0.2, -0.15) is 0 Å². The number of allylic oxidation sites excluding steroid dienone is 1. The minimum absolute atomic E-state index is 0.0860. The van der Waals surface area contributed by atoms with Crippen molar-refractivity contribution in [3.63, 3.8) is 0 Å². The summed E-state index contributed by atoms with van der Waals surface area (Å²) in [5.41, 5.74) is 0.330. The number of hydrogen-bond donors (Lipinski definition) is 0. The summed E-state index contributed by atoms with van der Waals surface area (Å²) in [6.45, 7) is 4.39. The Kier molecular flexibility index (Phi) is 6.41. The fourth-order valence-corrected chi connectivity index (χ4v) is 6.15. The number of carbonyl (C=O) groups is 1. The zero-order chi connectivity index (χ0) is 16.8. The van der Waals surface area contributed by atoms with Crippen molar-refractivity contribution < 1.29 is 9.53 Å². The van der Waals surface area contributed by atoms with Gasteiger partial charge in [-0.05, 0) is 81.0 Å². The van der Waals surface area contributed by atoms with Gasteiger partial charge in [-0.15, -0.1) is 6.58 Å². The molecular formula is C22H36O2. The van der Waals surface area contributed by atoms with E-state index in [1.807, 2.05) is 6.08 Å². The Balaban J connectivity index is 1.26. The second-order valence-electron chi connectivity index (χ2n) is 9.01. The second kappa shape index (κ2) is 8.54. The lowest BCUT2D eigenvalue weighted by Crippen LogP contribution is -2.47. The highest BCUT2D eigenvalue weighted by atomic mass is 16.5. The molecule has 4 saturated carbocycles. The third-order valence-electron chi connectivity index (χ3n) is 6.75. The van der Waals surface area contributed by atoms with Gasteiger partial charge >= 0.3 is 5.97 Å². The van der Waals surface area contributed by atoms with Crippen LogP contribution >= 0.6 is 0 Å². The topological polar surface area (TPSA) is 26.3 Å². The molecule has 2 heteroatoms. The predicted molar refractivity (Wildman–Crippen MR) is 98.7 cm³/mol. The molecule has 4 rings (SSSR count). The maximum atomic E-state index is 12.3. The van der Waals surface area contributed by atoms with E-state index in [2.05, 4.69) is 6.58 Å². The lowest BCUT2D eigenvalue weighted by Gasteiger charge is -2.56. The number of esters is 1. The molecule has 0 aromatic rings. The van der Waals surface area contributed by atoms with Crippen LogP contribution < -0.4 is 0 Å². The maximum absolute atomic E-state index is 12.3. The molecule has 0 N–H and O–H groups in total. The highest BCUT2D eigenvalue weighted by molar-refractivity contribution is 5.70. The number of hydrogen-bond acceptors (Lipinski definition) is 2. The maximum Gasteiger partial charge on any atom is 0.306 e. The van der Waals surface area contributed by atoms with Crippen LogP contribution in [0.3, 0.4) is 0 Å². The van der Waals surface area contributed by atoms with E-state index in [-0.39, 0.29) is 5.97 Å². The summed E-state index contributed by atoms with van der Waals surface area (Å²) in [6, 6.07) is 0. The fraction of sp³-hybridized carbons (Fsp3) is 0.864. The molecule has 4 aliphatic carbocycles. The minimum Gasteiger partial charge on any atom is -0.466 e. The molecule has 0 aromatic carbocycles. The summed E-state index contributed by atoms with van der Waals surface area (Å²) in [4.78, 5) is 12.3. The van der Waals surface area contributed by atoms with Gasteiger partial charge in [-0.3, -0.25) is 4.79 Å². The number of rotatable bonds is 11. The first-order chi connectivity index (χ1) is 11.7. The van der Waals surface area contributed by atoms with Crippen LogP contribution in [-0.2, 0) is 9.53 Å². The standard InChI is InChI=1S/C22H36O2/c1-2-3-4-5-6-7-8-9-10-24-21(23)17-22-14-18-11-19(15-22)13-20(12-18)16-22/h2,18-20H,1,3-17H2. The van der Waals surface area contributed by atoms with Gasteiger partial charge in [0.25, 0.3) is 0 Å². The smallest absolute Gasteiger partial charge is 0.306 e. The summed E-state index contributed by atoms with van der Waals surface area (Å²) in [5, 5.41) is 0. The molecule has 0 amide bonds. The molecule has 4 fully saturated rings. The monoisotopic (exact) mass is 332 g/mol. The van der Waals surface area contributed by atoms with Crippen molar-refractivity contribution in [3.8, 4) is 0 Å². The first-order valence-corrected chi connectivity index (χ1v) is 10.5. The van der Waals surface area contributed by atoms with E-state index in [0.717, 1.165) is 30.6 Å². The lowest BCUT2D eigenvalue weighted by molar-refractivity contribution is -0.152. The molecule has 0 unspecified atom stereocenters. The fourth-order valence-electron chi connectivity index (χ4n) is 6.15. The molecule has 0 aliphatic heterocycles. The van der Waals surface area contributed by atoms with E-state index in [4.69, 9.17) is 4.74 Å². The lowest BCUT2D eigenvalue weighted by atomic mass is 9.49. The van der Waals surface area contributed by atoms with Gasteiger partial charge in [-0.1, -0.05) is 31.8 Å². The van der Waals surface area contributed by atoms with E-state index in [1.165, 1.54) is 70.6 Å². The quantitative estimate of drug-likeness (QED) is 0.261. The number of unbranched alkanes of at least 4 members (excludes halogenated alkanes) is 6. The molecule has 0 atom stereocenters. The Bertz CT molecular complexity index is 390. The van der Waals surface area contributed by atoms with Crippen molar-refractivity contribution in [3.05, 3.63) is 12.7 Å². The molecular weight excluding hydrogens is 296 g/mol. The van der Waals surface area contributed by atoms with E-state index in [1.54, 1.807) is 0 Å². The van der Waals surface area contributed by atoms with E-state index < -0.39 is 0 Å². The molecule has 2 nitrogen and oxygen atoms in total. The molecule has 0 radical (unpaired) electrons. The van der Waals surface area contributed by atoms with Crippen LogP contribution in [0.4, 0.5) is 0 Å². The summed E-state index contributed by atoms with van der Waals surface area (Å²) >= 11 is 0. The zero-order valence-corrected chi connectivity index (χ0v) is 15.4. The van der Waals surface area contributed by atoms with Crippen LogP contribution in [-0.4, -0.2) is 12.6 Å². The highest BCUT2D eigenvalue weighted by Gasteiger charge is 2.51. The molecule has 0 saturated heterocycles. The normalized spacial score (nSPS) is 33.6. The second-order valence-corrected chi connectivity index (χ2v) is 9.01. The Labute approximate surface area is 148 Å². The summed E-state index contributed by atoms with van der Waals surface area (Å²) in [5.74, 6) is 2.85. The molecule has 0 heterocycles. The van der Waals surface area contributed by atoms with Crippen LogP contribution in [0, 0.1) is 23.2 Å². The summed E-state index contributed by atoms with van der Waals surface area (Å²) < 4.78 is 5.57. The van der Waals surface area contributed by atoms with Crippen molar-refractivity contribution in [1.82, 2.24) is 0 Å². The van der Waals surface area contributed by atoms with Gasteiger partial charge in [0.1, 0.15) is 0 Å². The Hall–Kier alpha value is -0.790. The van der Waals surface area contributed by atoms with E-state index in [0.29, 0.717) is 18.4 Å². The third kappa shape index (κ3) is 4.86. The molecule has 0 aromatic heterocycles. The Morgan fingerprint density at radius 1 is 0.917 bits per heavy atom. The first-order valence-electron chi connectivity index (χ1n) is 10.5. The molecule has 0 spiro atoms. The third-order valence-corrected chi connectivity index (χ3v) is 6.75. The Morgan fingerprint density at radius 2 is 1.46 bits per heavy atom. The number of ether oxygens (including phenoxy) is 1. The molecule has 4 aliphatic rings. The van der Waals surface area contributed by atoms with Crippen molar-refractivity contribution >= 4 is 5.97 Å².